The second-order valence-corrected chi connectivity index (χ2v) is 8.32. The van der Waals surface area contributed by atoms with Crippen LogP contribution in [-0.2, 0) is 20.1 Å². The van der Waals surface area contributed by atoms with Gasteiger partial charge in [-0.25, -0.2) is 0 Å². The molecule has 0 N–H and O–H groups in total. The molecule has 0 fully saturated rings. The summed E-state index contributed by atoms with van der Waals surface area (Å²) in [7, 11) is 0. The van der Waals surface area contributed by atoms with Crippen LogP contribution in [0.5, 0.6) is 0 Å². The molecule has 6 aromatic rings. The summed E-state index contributed by atoms with van der Waals surface area (Å²) >= 11 is 0. The minimum atomic E-state index is 0. The molecule has 0 aliphatic rings. The normalized spacial score (nSPS) is 11.0. The first kappa shape index (κ1) is 22.2. The summed E-state index contributed by atoms with van der Waals surface area (Å²) in [6.45, 7) is 0. The molecule has 1 nitrogen and oxygen atoms in total. The molecule has 2 heteroatoms. The number of rotatable bonds is 4. The second kappa shape index (κ2) is 9.73. The Hall–Kier alpha value is -3.58. The molecule has 1 aromatic heterocycles. The SMILES string of the molecule is [Ir].[c-]1ccc(C(c2cccc3ccccc23)c2cccc3ccccc23)cc1-c1ccccn1. The van der Waals surface area contributed by atoms with Crippen molar-refractivity contribution in [3.63, 3.8) is 0 Å². The summed E-state index contributed by atoms with van der Waals surface area (Å²) in [5, 5.41) is 5.08. The standard InChI is InChI=1S/C32H22N.Ir/c1-3-16-27-23(10-1)12-8-18-29(27)32(30-19-9-13-24-11-2-4-17-28(24)30)26-15-7-14-25(22-26)31-20-5-6-21-33-31;/h1-13,15-22,32H;/q-1;. The van der Waals surface area contributed by atoms with Gasteiger partial charge in [0.15, 0.2) is 0 Å². The number of hydrogen-bond donors (Lipinski definition) is 0. The van der Waals surface area contributed by atoms with Gasteiger partial charge in [-0.1, -0.05) is 97.1 Å². The maximum absolute atomic E-state index is 4.56. The maximum Gasteiger partial charge on any atom is 0.0183 e. The van der Waals surface area contributed by atoms with Crippen molar-refractivity contribution < 1.29 is 20.1 Å². The van der Waals surface area contributed by atoms with E-state index in [1.807, 2.05) is 30.5 Å². The van der Waals surface area contributed by atoms with Crippen molar-refractivity contribution in [1.82, 2.24) is 4.98 Å². The van der Waals surface area contributed by atoms with Crippen molar-refractivity contribution in [2.75, 3.05) is 0 Å². The fraction of sp³-hybridized carbons (Fsp3) is 0.0312. The molecule has 0 aliphatic heterocycles. The third-order valence-electron chi connectivity index (χ3n) is 6.37. The summed E-state index contributed by atoms with van der Waals surface area (Å²) < 4.78 is 0. The van der Waals surface area contributed by atoms with Crippen LogP contribution < -0.4 is 0 Å². The summed E-state index contributed by atoms with van der Waals surface area (Å²) in [5.41, 5.74) is 5.81. The molecular formula is C32H22IrN-. The largest absolute Gasteiger partial charge is 0.305 e. The van der Waals surface area contributed by atoms with Crippen molar-refractivity contribution in [3.05, 3.63) is 150 Å². The van der Waals surface area contributed by atoms with E-state index in [-0.39, 0.29) is 26.0 Å². The van der Waals surface area contributed by atoms with E-state index in [4.69, 9.17) is 0 Å². The number of fused-ring (bicyclic) bond motifs is 2. The van der Waals surface area contributed by atoms with Crippen LogP contribution in [0.4, 0.5) is 0 Å². The van der Waals surface area contributed by atoms with Crippen LogP contribution in [-0.4, -0.2) is 4.98 Å². The minimum absolute atomic E-state index is 0. The number of pyridine rings is 1. The molecule has 0 aliphatic carbocycles. The predicted octanol–water partition coefficient (Wildman–Crippen LogP) is 8.03. The zero-order valence-electron chi connectivity index (χ0n) is 18.5. The summed E-state index contributed by atoms with van der Waals surface area (Å²) in [6, 6.07) is 46.5. The Morgan fingerprint density at radius 2 is 1.18 bits per heavy atom. The molecule has 1 radical (unpaired) electrons. The number of aromatic nitrogens is 1. The molecule has 0 amide bonds. The molecule has 0 saturated heterocycles. The molecule has 0 saturated carbocycles. The average molecular weight is 613 g/mol. The van der Waals surface area contributed by atoms with Crippen LogP contribution in [0.25, 0.3) is 32.8 Å². The van der Waals surface area contributed by atoms with E-state index in [0.29, 0.717) is 0 Å². The first-order valence-electron chi connectivity index (χ1n) is 11.3. The van der Waals surface area contributed by atoms with E-state index in [9.17, 15) is 0 Å². The van der Waals surface area contributed by atoms with Gasteiger partial charge in [0.25, 0.3) is 0 Å². The molecule has 0 bridgehead atoms. The summed E-state index contributed by atoms with van der Waals surface area (Å²) in [5.74, 6) is 0.0827. The van der Waals surface area contributed by atoms with E-state index in [2.05, 4.69) is 108 Å². The van der Waals surface area contributed by atoms with Crippen molar-refractivity contribution >= 4 is 21.5 Å². The van der Waals surface area contributed by atoms with Gasteiger partial charge in [0.2, 0.25) is 0 Å². The van der Waals surface area contributed by atoms with Crippen LogP contribution >= 0.6 is 0 Å². The Morgan fingerprint density at radius 3 is 1.79 bits per heavy atom. The zero-order chi connectivity index (χ0) is 22.0. The van der Waals surface area contributed by atoms with E-state index in [1.165, 1.54) is 38.2 Å². The van der Waals surface area contributed by atoms with E-state index < -0.39 is 0 Å². The Bertz CT molecular complexity index is 1480. The molecule has 0 spiro atoms. The monoisotopic (exact) mass is 613 g/mol. The molecule has 165 valence electrons. The van der Waals surface area contributed by atoms with Gasteiger partial charge in [0.1, 0.15) is 0 Å². The van der Waals surface area contributed by atoms with E-state index >= 15 is 0 Å². The zero-order valence-corrected chi connectivity index (χ0v) is 20.9. The second-order valence-electron chi connectivity index (χ2n) is 8.32. The quantitative estimate of drug-likeness (QED) is 0.145. The molecule has 5 aromatic carbocycles. The van der Waals surface area contributed by atoms with Gasteiger partial charge in [0.05, 0.1) is 0 Å². The minimum Gasteiger partial charge on any atom is -0.305 e. The van der Waals surface area contributed by atoms with Gasteiger partial charge in [-0.3, -0.25) is 0 Å². The first-order valence-corrected chi connectivity index (χ1v) is 11.3. The predicted molar refractivity (Wildman–Crippen MR) is 137 cm³/mol. The maximum atomic E-state index is 4.56. The fourth-order valence-electron chi connectivity index (χ4n) is 4.86. The summed E-state index contributed by atoms with van der Waals surface area (Å²) in [4.78, 5) is 4.56. The van der Waals surface area contributed by atoms with Gasteiger partial charge in [-0.05, 0) is 44.4 Å². The average Bonchev–Trinajstić information content (AvgIpc) is 2.90. The molecular weight excluding hydrogens is 591 g/mol. The first-order chi connectivity index (χ1) is 16.4. The van der Waals surface area contributed by atoms with Crippen molar-refractivity contribution in [2.45, 2.75) is 5.92 Å². The molecule has 0 unspecified atom stereocenters. The topological polar surface area (TPSA) is 12.9 Å². The van der Waals surface area contributed by atoms with Crippen LogP contribution in [0.15, 0.2) is 128 Å². The fourth-order valence-corrected chi connectivity index (χ4v) is 4.86. The number of nitrogens with zero attached hydrogens (tertiary/aromatic N) is 1. The van der Waals surface area contributed by atoms with Gasteiger partial charge in [0, 0.05) is 32.2 Å². The third-order valence-corrected chi connectivity index (χ3v) is 6.37. The Kier molecular flexibility index (Phi) is 6.36. The number of hydrogen-bond acceptors (Lipinski definition) is 1. The molecule has 0 atom stereocenters. The molecule has 34 heavy (non-hydrogen) atoms. The van der Waals surface area contributed by atoms with Gasteiger partial charge < -0.3 is 4.98 Å². The van der Waals surface area contributed by atoms with E-state index in [1.54, 1.807) is 0 Å². The van der Waals surface area contributed by atoms with E-state index in [0.717, 1.165) is 11.3 Å². The smallest absolute Gasteiger partial charge is 0.0183 e. The van der Waals surface area contributed by atoms with Crippen molar-refractivity contribution in [3.8, 4) is 11.3 Å². The third kappa shape index (κ3) is 4.07. The number of benzene rings is 5. The van der Waals surface area contributed by atoms with Gasteiger partial charge in [-0.15, -0.1) is 35.4 Å². The summed E-state index contributed by atoms with van der Waals surface area (Å²) in [6.07, 6.45) is 1.84. The van der Waals surface area contributed by atoms with Crippen LogP contribution in [0.2, 0.25) is 0 Å². The molecule has 1 heterocycles. The Morgan fingerprint density at radius 1 is 0.588 bits per heavy atom. The van der Waals surface area contributed by atoms with Gasteiger partial charge in [-0.2, -0.15) is 0 Å². The Labute approximate surface area is 213 Å². The van der Waals surface area contributed by atoms with Crippen LogP contribution in [0.1, 0.15) is 22.6 Å². The van der Waals surface area contributed by atoms with Crippen molar-refractivity contribution in [1.29, 1.82) is 0 Å². The van der Waals surface area contributed by atoms with Crippen LogP contribution in [0, 0.1) is 6.07 Å². The van der Waals surface area contributed by atoms with Crippen molar-refractivity contribution in [2.24, 2.45) is 0 Å². The van der Waals surface area contributed by atoms with Crippen LogP contribution in [0.3, 0.4) is 0 Å². The Balaban J connectivity index is 0.00000241. The molecule has 6 rings (SSSR count). The van der Waals surface area contributed by atoms with Gasteiger partial charge >= 0.3 is 0 Å².